The third kappa shape index (κ3) is 2.11. The van der Waals surface area contributed by atoms with Gasteiger partial charge in [0.1, 0.15) is 0 Å². The molecule has 1 aliphatic carbocycles. The van der Waals surface area contributed by atoms with Gasteiger partial charge in [-0.25, -0.2) is 0 Å². The van der Waals surface area contributed by atoms with Crippen molar-refractivity contribution in [1.29, 1.82) is 0 Å². The highest BCUT2D eigenvalue weighted by atomic mass is 16.5. The fourth-order valence-corrected chi connectivity index (χ4v) is 1.56. The molecule has 0 saturated heterocycles. The molecule has 0 aliphatic heterocycles. The van der Waals surface area contributed by atoms with Crippen LogP contribution in [0.25, 0.3) is 0 Å². The molecular weight excluding hydrogens is 164 g/mol. The summed E-state index contributed by atoms with van der Waals surface area (Å²) in [5.41, 5.74) is 0.925. The van der Waals surface area contributed by atoms with E-state index in [0.29, 0.717) is 6.04 Å². The van der Waals surface area contributed by atoms with Crippen molar-refractivity contribution in [1.82, 2.24) is 5.16 Å². The van der Waals surface area contributed by atoms with E-state index in [0.717, 1.165) is 24.4 Å². The van der Waals surface area contributed by atoms with E-state index in [1.54, 1.807) is 0 Å². The van der Waals surface area contributed by atoms with Crippen molar-refractivity contribution in [2.75, 3.05) is 5.32 Å². The van der Waals surface area contributed by atoms with Gasteiger partial charge in [-0.15, -0.1) is 0 Å². The van der Waals surface area contributed by atoms with E-state index in [9.17, 15) is 0 Å². The molecule has 1 aromatic rings. The molecule has 13 heavy (non-hydrogen) atoms. The summed E-state index contributed by atoms with van der Waals surface area (Å²) in [5, 5.41) is 7.15. The number of allylic oxidation sites excluding steroid dienone is 1. The highest BCUT2D eigenvalue weighted by Gasteiger charge is 2.11. The van der Waals surface area contributed by atoms with Crippen LogP contribution in [0.4, 0.5) is 5.88 Å². The molecule has 3 heteroatoms. The van der Waals surface area contributed by atoms with Crippen LogP contribution in [0.1, 0.15) is 25.0 Å². The lowest BCUT2D eigenvalue weighted by Gasteiger charge is -2.17. The van der Waals surface area contributed by atoms with E-state index >= 15 is 0 Å². The first-order valence-corrected chi connectivity index (χ1v) is 4.69. The molecule has 1 N–H and O–H groups in total. The van der Waals surface area contributed by atoms with Crippen molar-refractivity contribution in [3.63, 3.8) is 0 Å². The molecular formula is C10H14N2O. The highest BCUT2D eigenvalue weighted by molar-refractivity contribution is 5.32. The molecule has 0 fully saturated rings. The van der Waals surface area contributed by atoms with Gasteiger partial charge in [0, 0.05) is 12.1 Å². The summed E-state index contributed by atoms with van der Waals surface area (Å²) in [6, 6.07) is 2.44. The van der Waals surface area contributed by atoms with E-state index in [4.69, 9.17) is 4.52 Å². The summed E-state index contributed by atoms with van der Waals surface area (Å²) < 4.78 is 5.08. The van der Waals surface area contributed by atoms with Gasteiger partial charge in [0.25, 0.3) is 0 Å². The van der Waals surface area contributed by atoms with Crippen molar-refractivity contribution < 1.29 is 4.52 Å². The number of nitrogens with one attached hydrogen (secondary N) is 1. The van der Waals surface area contributed by atoms with Gasteiger partial charge in [0.05, 0.1) is 5.69 Å². The highest BCUT2D eigenvalue weighted by Crippen LogP contribution is 2.17. The Labute approximate surface area is 77.8 Å². The number of aryl methyl sites for hydroxylation is 1. The second-order valence-electron chi connectivity index (χ2n) is 3.46. The van der Waals surface area contributed by atoms with Gasteiger partial charge in [0.15, 0.2) is 0 Å². The summed E-state index contributed by atoms with van der Waals surface area (Å²) >= 11 is 0. The number of hydrogen-bond donors (Lipinski definition) is 1. The first-order chi connectivity index (χ1) is 6.34. The Hall–Kier alpha value is -1.25. The fraction of sp³-hybridized carbons (Fsp3) is 0.500. The van der Waals surface area contributed by atoms with Crippen molar-refractivity contribution in [2.24, 2.45) is 0 Å². The Morgan fingerprint density at radius 2 is 2.46 bits per heavy atom. The van der Waals surface area contributed by atoms with Crippen molar-refractivity contribution in [2.45, 2.75) is 32.2 Å². The number of hydrogen-bond acceptors (Lipinski definition) is 3. The molecule has 3 nitrogen and oxygen atoms in total. The minimum absolute atomic E-state index is 0.511. The predicted molar refractivity (Wildman–Crippen MR) is 51.6 cm³/mol. The molecule has 0 bridgehead atoms. The normalized spacial score (nSPS) is 21.8. The van der Waals surface area contributed by atoms with Crippen LogP contribution >= 0.6 is 0 Å². The van der Waals surface area contributed by atoms with E-state index < -0.39 is 0 Å². The van der Waals surface area contributed by atoms with E-state index in [2.05, 4.69) is 22.6 Å². The van der Waals surface area contributed by atoms with Gasteiger partial charge in [-0.05, 0) is 26.2 Å². The number of rotatable bonds is 2. The van der Waals surface area contributed by atoms with E-state index in [1.807, 2.05) is 13.0 Å². The molecule has 2 rings (SSSR count). The standard InChI is InChI=1S/C10H14N2O/c1-8-7-10(13-12-8)11-9-5-3-2-4-6-9/h2-3,7,9,11H,4-6H2,1H3. The molecule has 0 saturated carbocycles. The SMILES string of the molecule is Cc1cc(NC2CC=CCC2)on1. The predicted octanol–water partition coefficient (Wildman–Crippen LogP) is 2.50. The Bertz CT molecular complexity index is 304. The van der Waals surface area contributed by atoms with Crippen LogP contribution in [0.15, 0.2) is 22.7 Å². The second-order valence-corrected chi connectivity index (χ2v) is 3.46. The van der Waals surface area contributed by atoms with Crippen LogP contribution < -0.4 is 5.32 Å². The fourth-order valence-electron chi connectivity index (χ4n) is 1.56. The van der Waals surface area contributed by atoms with Crippen molar-refractivity contribution >= 4 is 5.88 Å². The van der Waals surface area contributed by atoms with Gasteiger partial charge in [-0.1, -0.05) is 17.3 Å². The Morgan fingerprint density at radius 1 is 1.54 bits per heavy atom. The molecule has 1 heterocycles. The molecule has 1 unspecified atom stereocenters. The van der Waals surface area contributed by atoms with E-state index in [1.165, 1.54) is 6.42 Å². The average molecular weight is 178 g/mol. The summed E-state index contributed by atoms with van der Waals surface area (Å²) in [7, 11) is 0. The maximum absolute atomic E-state index is 5.08. The second kappa shape index (κ2) is 3.64. The maximum atomic E-state index is 5.08. The van der Waals surface area contributed by atoms with Gasteiger partial charge in [-0.3, -0.25) is 0 Å². The molecule has 1 aromatic heterocycles. The monoisotopic (exact) mass is 178 g/mol. The zero-order chi connectivity index (χ0) is 9.10. The van der Waals surface area contributed by atoms with Crippen LogP contribution in [-0.4, -0.2) is 11.2 Å². The minimum atomic E-state index is 0.511. The molecule has 0 spiro atoms. The zero-order valence-electron chi connectivity index (χ0n) is 7.79. The number of anilines is 1. The largest absolute Gasteiger partial charge is 0.351 e. The summed E-state index contributed by atoms with van der Waals surface area (Å²) in [6.07, 6.45) is 7.86. The minimum Gasteiger partial charge on any atom is -0.351 e. The lowest BCUT2D eigenvalue weighted by molar-refractivity contribution is 0.421. The van der Waals surface area contributed by atoms with Gasteiger partial charge >= 0.3 is 0 Å². The first-order valence-electron chi connectivity index (χ1n) is 4.69. The first kappa shape index (κ1) is 8.35. The molecule has 0 aromatic carbocycles. The third-order valence-electron chi connectivity index (χ3n) is 2.24. The molecule has 1 aliphatic rings. The van der Waals surface area contributed by atoms with Crippen LogP contribution in [0, 0.1) is 6.92 Å². The lowest BCUT2D eigenvalue weighted by atomic mass is 10.0. The number of aromatic nitrogens is 1. The van der Waals surface area contributed by atoms with Crippen LogP contribution in [-0.2, 0) is 0 Å². The third-order valence-corrected chi connectivity index (χ3v) is 2.24. The van der Waals surface area contributed by atoms with Gasteiger partial charge in [0.2, 0.25) is 5.88 Å². The lowest BCUT2D eigenvalue weighted by Crippen LogP contribution is -2.19. The van der Waals surface area contributed by atoms with Crippen molar-refractivity contribution in [3.05, 3.63) is 23.9 Å². The zero-order valence-corrected chi connectivity index (χ0v) is 7.79. The summed E-state index contributed by atoms with van der Waals surface area (Å²) in [6.45, 7) is 1.93. The van der Waals surface area contributed by atoms with Gasteiger partial charge in [-0.2, -0.15) is 0 Å². The quantitative estimate of drug-likeness (QED) is 0.707. The molecule has 70 valence electrons. The Morgan fingerprint density at radius 3 is 3.08 bits per heavy atom. The molecule has 1 atom stereocenters. The number of nitrogens with zero attached hydrogens (tertiary/aromatic N) is 1. The topological polar surface area (TPSA) is 38.1 Å². The summed E-state index contributed by atoms with van der Waals surface area (Å²) in [5.74, 6) is 0.790. The smallest absolute Gasteiger partial charge is 0.225 e. The van der Waals surface area contributed by atoms with E-state index in [-0.39, 0.29) is 0 Å². The Kier molecular flexibility index (Phi) is 2.34. The van der Waals surface area contributed by atoms with Crippen LogP contribution in [0.3, 0.4) is 0 Å². The van der Waals surface area contributed by atoms with Crippen molar-refractivity contribution in [3.8, 4) is 0 Å². The molecule has 0 amide bonds. The van der Waals surface area contributed by atoms with Crippen LogP contribution in [0.2, 0.25) is 0 Å². The maximum Gasteiger partial charge on any atom is 0.225 e. The summed E-state index contributed by atoms with van der Waals surface area (Å²) in [4.78, 5) is 0. The van der Waals surface area contributed by atoms with Crippen LogP contribution in [0.5, 0.6) is 0 Å². The average Bonchev–Trinajstić information content (AvgIpc) is 2.53. The van der Waals surface area contributed by atoms with Gasteiger partial charge < -0.3 is 9.84 Å². The Balaban J connectivity index is 1.94. The molecule has 0 radical (unpaired) electrons.